The van der Waals surface area contributed by atoms with Crippen molar-refractivity contribution in [3.63, 3.8) is 0 Å². The molecule has 0 N–H and O–H groups in total. The van der Waals surface area contributed by atoms with Gasteiger partial charge in [0.2, 0.25) is 0 Å². The summed E-state index contributed by atoms with van der Waals surface area (Å²) in [6, 6.07) is 7.47. The Balaban J connectivity index is 2.41. The van der Waals surface area contributed by atoms with E-state index in [1.165, 1.54) is 0 Å². The molecule has 0 saturated heterocycles. The number of hydrogen-bond acceptors (Lipinski definition) is 1. The topological polar surface area (TPSA) is 9.23 Å². The molecular formula is C11H15ClO. The molecule has 0 aliphatic heterocycles. The van der Waals surface area contributed by atoms with Gasteiger partial charge in [-0.25, -0.2) is 0 Å². The maximum atomic E-state index is 5.75. The second kappa shape index (κ2) is 5.13. The van der Waals surface area contributed by atoms with Crippen LogP contribution in [0.3, 0.4) is 0 Å². The molecule has 0 aliphatic rings. The fraction of sp³-hybridized carbons (Fsp3) is 0.455. The van der Waals surface area contributed by atoms with Crippen molar-refractivity contribution in [1.82, 2.24) is 0 Å². The van der Waals surface area contributed by atoms with E-state index in [0.29, 0.717) is 5.92 Å². The molecule has 0 heterocycles. The molecule has 72 valence electrons. The molecule has 1 rings (SSSR count). The Kier molecular flexibility index (Phi) is 4.10. The summed E-state index contributed by atoms with van der Waals surface area (Å²) < 4.78 is 5.56. The van der Waals surface area contributed by atoms with E-state index in [2.05, 4.69) is 13.8 Å². The molecule has 0 saturated carbocycles. The van der Waals surface area contributed by atoms with Crippen molar-refractivity contribution in [3.05, 3.63) is 29.3 Å². The lowest BCUT2D eigenvalue weighted by Crippen LogP contribution is -2.06. The minimum atomic E-state index is 0.607. The quantitative estimate of drug-likeness (QED) is 0.716. The Morgan fingerprint density at radius 3 is 2.46 bits per heavy atom. The van der Waals surface area contributed by atoms with E-state index in [0.717, 1.165) is 23.8 Å². The van der Waals surface area contributed by atoms with Crippen LogP contribution < -0.4 is 4.74 Å². The standard InChI is InChI=1S/C11H15ClO/c1-3-9(2)8-13-11-6-4-10(12)5-7-11/h4-7,9H,3,8H2,1-2H3. The highest BCUT2D eigenvalue weighted by atomic mass is 35.5. The van der Waals surface area contributed by atoms with Gasteiger partial charge in [-0.15, -0.1) is 0 Å². The molecule has 1 unspecified atom stereocenters. The predicted octanol–water partition coefficient (Wildman–Crippen LogP) is 3.76. The summed E-state index contributed by atoms with van der Waals surface area (Å²) in [7, 11) is 0. The van der Waals surface area contributed by atoms with E-state index < -0.39 is 0 Å². The Morgan fingerprint density at radius 2 is 1.92 bits per heavy atom. The molecule has 13 heavy (non-hydrogen) atoms. The highest BCUT2D eigenvalue weighted by Gasteiger charge is 1.99. The van der Waals surface area contributed by atoms with Gasteiger partial charge in [-0.05, 0) is 30.2 Å². The van der Waals surface area contributed by atoms with Gasteiger partial charge in [0.15, 0.2) is 0 Å². The van der Waals surface area contributed by atoms with Crippen molar-refractivity contribution in [1.29, 1.82) is 0 Å². The molecule has 2 heteroatoms. The Morgan fingerprint density at radius 1 is 1.31 bits per heavy atom. The van der Waals surface area contributed by atoms with Gasteiger partial charge in [-0.2, -0.15) is 0 Å². The average molecular weight is 199 g/mol. The Labute approximate surface area is 84.7 Å². The highest BCUT2D eigenvalue weighted by Crippen LogP contribution is 2.16. The fourth-order valence-electron chi connectivity index (χ4n) is 0.887. The first-order chi connectivity index (χ1) is 6.22. The summed E-state index contributed by atoms with van der Waals surface area (Å²) >= 11 is 5.75. The summed E-state index contributed by atoms with van der Waals surface area (Å²) in [6.07, 6.45) is 1.15. The zero-order valence-electron chi connectivity index (χ0n) is 8.09. The number of halogens is 1. The summed E-state index contributed by atoms with van der Waals surface area (Å²) in [6.45, 7) is 5.12. The lowest BCUT2D eigenvalue weighted by atomic mass is 10.1. The second-order valence-corrected chi connectivity index (χ2v) is 3.71. The summed E-state index contributed by atoms with van der Waals surface area (Å²) in [5.74, 6) is 1.50. The Hall–Kier alpha value is -0.690. The average Bonchev–Trinajstić information content (AvgIpc) is 2.16. The van der Waals surface area contributed by atoms with E-state index in [1.807, 2.05) is 24.3 Å². The number of ether oxygens (including phenoxy) is 1. The molecule has 1 nitrogen and oxygen atoms in total. The SMILES string of the molecule is CCC(C)COc1ccc(Cl)cc1. The lowest BCUT2D eigenvalue weighted by molar-refractivity contribution is 0.256. The number of hydrogen-bond donors (Lipinski definition) is 0. The third-order valence-electron chi connectivity index (χ3n) is 2.05. The predicted molar refractivity (Wildman–Crippen MR) is 56.4 cm³/mol. The van der Waals surface area contributed by atoms with Crippen LogP contribution in [-0.4, -0.2) is 6.61 Å². The van der Waals surface area contributed by atoms with Crippen LogP contribution in [0.1, 0.15) is 20.3 Å². The Bertz CT molecular complexity index is 243. The third kappa shape index (κ3) is 3.69. The van der Waals surface area contributed by atoms with E-state index in [-0.39, 0.29) is 0 Å². The molecule has 0 fully saturated rings. The van der Waals surface area contributed by atoms with Gasteiger partial charge in [-0.3, -0.25) is 0 Å². The minimum Gasteiger partial charge on any atom is -0.493 e. The zero-order valence-corrected chi connectivity index (χ0v) is 8.84. The third-order valence-corrected chi connectivity index (χ3v) is 2.30. The molecule has 1 atom stereocenters. The van der Waals surface area contributed by atoms with Gasteiger partial charge in [0, 0.05) is 5.02 Å². The van der Waals surface area contributed by atoms with Gasteiger partial charge in [0.05, 0.1) is 6.61 Å². The summed E-state index contributed by atoms with van der Waals surface area (Å²) in [4.78, 5) is 0. The molecule has 1 aromatic rings. The monoisotopic (exact) mass is 198 g/mol. The number of rotatable bonds is 4. The normalized spacial score (nSPS) is 12.5. The van der Waals surface area contributed by atoms with Gasteiger partial charge >= 0.3 is 0 Å². The van der Waals surface area contributed by atoms with Crippen molar-refractivity contribution in [2.24, 2.45) is 5.92 Å². The molecule has 0 spiro atoms. The second-order valence-electron chi connectivity index (χ2n) is 3.28. The molecular weight excluding hydrogens is 184 g/mol. The van der Waals surface area contributed by atoms with Crippen LogP contribution in [-0.2, 0) is 0 Å². The van der Waals surface area contributed by atoms with Crippen LogP contribution in [0.2, 0.25) is 5.02 Å². The van der Waals surface area contributed by atoms with Crippen LogP contribution in [0.5, 0.6) is 5.75 Å². The molecule has 1 aromatic carbocycles. The van der Waals surface area contributed by atoms with Gasteiger partial charge in [0.1, 0.15) is 5.75 Å². The van der Waals surface area contributed by atoms with E-state index in [1.54, 1.807) is 0 Å². The first-order valence-electron chi connectivity index (χ1n) is 4.60. The van der Waals surface area contributed by atoms with E-state index >= 15 is 0 Å². The van der Waals surface area contributed by atoms with Crippen LogP contribution in [0.4, 0.5) is 0 Å². The fourth-order valence-corrected chi connectivity index (χ4v) is 1.01. The van der Waals surface area contributed by atoms with Crippen molar-refractivity contribution in [2.45, 2.75) is 20.3 Å². The molecule has 0 radical (unpaired) electrons. The van der Waals surface area contributed by atoms with Gasteiger partial charge < -0.3 is 4.74 Å². The van der Waals surface area contributed by atoms with Crippen LogP contribution >= 0.6 is 11.6 Å². The van der Waals surface area contributed by atoms with Crippen molar-refractivity contribution < 1.29 is 4.74 Å². The van der Waals surface area contributed by atoms with Gasteiger partial charge in [0.25, 0.3) is 0 Å². The zero-order chi connectivity index (χ0) is 9.68. The molecule has 0 bridgehead atoms. The maximum Gasteiger partial charge on any atom is 0.119 e. The molecule has 0 amide bonds. The lowest BCUT2D eigenvalue weighted by Gasteiger charge is -2.10. The van der Waals surface area contributed by atoms with Gasteiger partial charge in [-0.1, -0.05) is 31.9 Å². The van der Waals surface area contributed by atoms with Crippen LogP contribution in [0, 0.1) is 5.92 Å². The largest absolute Gasteiger partial charge is 0.493 e. The minimum absolute atomic E-state index is 0.607. The maximum absolute atomic E-state index is 5.75. The van der Waals surface area contributed by atoms with Crippen molar-refractivity contribution >= 4 is 11.6 Å². The molecule has 0 aromatic heterocycles. The van der Waals surface area contributed by atoms with E-state index in [9.17, 15) is 0 Å². The number of benzene rings is 1. The van der Waals surface area contributed by atoms with Crippen LogP contribution in [0.15, 0.2) is 24.3 Å². The first-order valence-corrected chi connectivity index (χ1v) is 4.98. The summed E-state index contributed by atoms with van der Waals surface area (Å²) in [5.41, 5.74) is 0. The van der Waals surface area contributed by atoms with Crippen LogP contribution in [0.25, 0.3) is 0 Å². The highest BCUT2D eigenvalue weighted by molar-refractivity contribution is 6.30. The van der Waals surface area contributed by atoms with Crippen molar-refractivity contribution in [3.8, 4) is 5.75 Å². The summed E-state index contributed by atoms with van der Waals surface area (Å²) in [5, 5.41) is 0.746. The molecule has 0 aliphatic carbocycles. The van der Waals surface area contributed by atoms with E-state index in [4.69, 9.17) is 16.3 Å². The van der Waals surface area contributed by atoms with Crippen molar-refractivity contribution in [2.75, 3.05) is 6.61 Å². The smallest absolute Gasteiger partial charge is 0.119 e. The first kappa shape index (κ1) is 10.4.